The zero-order valence-electron chi connectivity index (χ0n) is 24.8. The van der Waals surface area contributed by atoms with Crippen LogP contribution in [-0.4, -0.2) is 31.7 Å². The molecule has 0 aromatic heterocycles. The summed E-state index contributed by atoms with van der Waals surface area (Å²) in [5, 5.41) is 0. The van der Waals surface area contributed by atoms with Crippen molar-refractivity contribution in [3.8, 4) is 0 Å². The lowest BCUT2D eigenvalue weighted by Gasteiger charge is -2.32. The minimum Gasteiger partial charge on any atom is -1.00 e. The summed E-state index contributed by atoms with van der Waals surface area (Å²) >= 11 is 0. The molecule has 0 fully saturated rings. The molecule has 0 saturated heterocycles. The Hall–Kier alpha value is 0.250. The fraction of sp³-hybridized carbons (Fsp3) is 1.00. The Bertz CT molecular complexity index is 368. The molecule has 1 unspecified atom stereocenters. The van der Waals surface area contributed by atoms with Crippen LogP contribution in [0.1, 0.15) is 175 Å². The number of nitrogens with zero attached hydrogens (tertiary/aromatic N) is 1. The lowest BCUT2D eigenvalue weighted by molar-refractivity contribution is -0.893. The number of unbranched alkanes of at least 4 members (excludes halogenated alkanes) is 21. The molecular formula is C32H68ClN. The normalized spacial score (nSPS) is 12.6. The van der Waals surface area contributed by atoms with Crippen LogP contribution in [0.3, 0.4) is 0 Å². The third kappa shape index (κ3) is 28.5. The van der Waals surface area contributed by atoms with Crippen LogP contribution >= 0.6 is 0 Å². The van der Waals surface area contributed by atoms with Crippen molar-refractivity contribution in [2.24, 2.45) is 5.92 Å². The van der Waals surface area contributed by atoms with Gasteiger partial charge in [0, 0.05) is 5.92 Å². The van der Waals surface area contributed by atoms with Crippen LogP contribution in [-0.2, 0) is 0 Å². The van der Waals surface area contributed by atoms with E-state index in [9.17, 15) is 0 Å². The third-order valence-electron chi connectivity index (χ3n) is 7.72. The zero-order valence-corrected chi connectivity index (χ0v) is 25.5. The van der Waals surface area contributed by atoms with Crippen molar-refractivity contribution in [1.29, 1.82) is 0 Å². The highest BCUT2D eigenvalue weighted by Gasteiger charge is 2.18. The molecule has 0 rings (SSSR count). The van der Waals surface area contributed by atoms with Crippen molar-refractivity contribution in [3.63, 3.8) is 0 Å². The highest BCUT2D eigenvalue weighted by atomic mass is 35.5. The molecule has 2 heteroatoms. The molecule has 1 nitrogen and oxygen atoms in total. The Balaban J connectivity index is 0. The molecule has 208 valence electrons. The minimum atomic E-state index is 0. The van der Waals surface area contributed by atoms with E-state index in [0.717, 1.165) is 5.92 Å². The van der Waals surface area contributed by atoms with Gasteiger partial charge in [-0.25, -0.2) is 0 Å². The van der Waals surface area contributed by atoms with Gasteiger partial charge in [0.25, 0.3) is 0 Å². The first-order valence-corrected chi connectivity index (χ1v) is 15.8. The molecule has 1 atom stereocenters. The fourth-order valence-electron chi connectivity index (χ4n) is 5.56. The molecule has 0 saturated carbocycles. The number of rotatable bonds is 27. The van der Waals surface area contributed by atoms with Crippen molar-refractivity contribution in [3.05, 3.63) is 0 Å². The smallest absolute Gasteiger partial charge is 0.0808 e. The van der Waals surface area contributed by atoms with Gasteiger partial charge in [0.15, 0.2) is 0 Å². The van der Waals surface area contributed by atoms with Crippen LogP contribution in [0.2, 0.25) is 0 Å². The maximum Gasteiger partial charge on any atom is 0.0808 e. The molecule has 0 amide bonds. The van der Waals surface area contributed by atoms with Crippen LogP contribution in [0.5, 0.6) is 0 Å². The predicted molar refractivity (Wildman–Crippen MR) is 153 cm³/mol. The van der Waals surface area contributed by atoms with E-state index in [4.69, 9.17) is 0 Å². The van der Waals surface area contributed by atoms with Crippen LogP contribution < -0.4 is 12.4 Å². The van der Waals surface area contributed by atoms with E-state index >= 15 is 0 Å². The second kappa shape index (κ2) is 27.8. The van der Waals surface area contributed by atoms with Gasteiger partial charge >= 0.3 is 0 Å². The molecule has 0 aliphatic heterocycles. The van der Waals surface area contributed by atoms with E-state index in [2.05, 4.69) is 34.9 Å². The van der Waals surface area contributed by atoms with Gasteiger partial charge in [-0.3, -0.25) is 0 Å². The molecule has 0 N–H and O–H groups in total. The minimum absolute atomic E-state index is 0. The lowest BCUT2D eigenvalue weighted by atomic mass is 10.00. The molecule has 0 aromatic carbocycles. The maximum absolute atomic E-state index is 2.50. The molecule has 0 aromatic rings. The Labute approximate surface area is 224 Å². The fourth-order valence-corrected chi connectivity index (χ4v) is 5.56. The molecule has 0 spiro atoms. The maximum atomic E-state index is 2.50. The Morgan fingerprint density at radius 1 is 0.441 bits per heavy atom. The Morgan fingerprint density at radius 2 is 0.735 bits per heavy atom. The number of hydrogen-bond donors (Lipinski definition) is 0. The van der Waals surface area contributed by atoms with E-state index < -0.39 is 0 Å². The van der Waals surface area contributed by atoms with Gasteiger partial charge in [-0.1, -0.05) is 156 Å². The van der Waals surface area contributed by atoms with E-state index in [-0.39, 0.29) is 12.4 Å². The largest absolute Gasteiger partial charge is 1.00 e. The first-order valence-electron chi connectivity index (χ1n) is 15.8. The van der Waals surface area contributed by atoms with Crippen molar-refractivity contribution < 1.29 is 16.9 Å². The SMILES string of the molecule is CCCCCCCCCCCCCCC[N+](C)(C)CC(C)CCCCCCCCCCCC.[Cl-]. The van der Waals surface area contributed by atoms with Gasteiger partial charge in [-0.15, -0.1) is 0 Å². The van der Waals surface area contributed by atoms with Crippen LogP contribution in [0.4, 0.5) is 0 Å². The topological polar surface area (TPSA) is 0 Å². The van der Waals surface area contributed by atoms with Crippen LogP contribution in [0.15, 0.2) is 0 Å². The average molecular weight is 502 g/mol. The lowest BCUT2D eigenvalue weighted by Crippen LogP contribution is -3.00. The summed E-state index contributed by atoms with van der Waals surface area (Å²) in [6, 6.07) is 0. The highest BCUT2D eigenvalue weighted by Crippen LogP contribution is 2.17. The summed E-state index contributed by atoms with van der Waals surface area (Å²) < 4.78 is 1.23. The van der Waals surface area contributed by atoms with Crippen molar-refractivity contribution >= 4 is 0 Å². The molecule has 34 heavy (non-hydrogen) atoms. The monoisotopic (exact) mass is 502 g/mol. The molecule has 0 aliphatic carbocycles. The number of halogens is 1. The van der Waals surface area contributed by atoms with Gasteiger partial charge < -0.3 is 16.9 Å². The van der Waals surface area contributed by atoms with E-state index in [1.54, 1.807) is 0 Å². The molecule has 0 bridgehead atoms. The Kier molecular flexibility index (Phi) is 29.8. The van der Waals surface area contributed by atoms with Gasteiger partial charge in [0.2, 0.25) is 0 Å². The average Bonchev–Trinajstić information content (AvgIpc) is 2.78. The van der Waals surface area contributed by atoms with Gasteiger partial charge in [-0.2, -0.15) is 0 Å². The third-order valence-corrected chi connectivity index (χ3v) is 7.72. The summed E-state index contributed by atoms with van der Waals surface area (Å²) in [6.45, 7) is 9.86. The number of hydrogen-bond acceptors (Lipinski definition) is 0. The number of quaternary nitrogens is 1. The molecular weight excluding hydrogens is 434 g/mol. The van der Waals surface area contributed by atoms with Gasteiger partial charge in [-0.05, 0) is 19.3 Å². The summed E-state index contributed by atoms with van der Waals surface area (Å²) in [4.78, 5) is 0. The van der Waals surface area contributed by atoms with E-state index in [1.807, 2.05) is 0 Å². The summed E-state index contributed by atoms with van der Waals surface area (Å²) in [7, 11) is 4.94. The first-order chi connectivity index (χ1) is 16.0. The van der Waals surface area contributed by atoms with E-state index in [1.165, 1.54) is 172 Å². The van der Waals surface area contributed by atoms with Gasteiger partial charge in [0.05, 0.1) is 27.2 Å². The quantitative estimate of drug-likeness (QED) is 0.0787. The standard InChI is InChI=1S/C32H68N.ClH/c1-6-8-10-12-14-16-18-19-20-22-24-26-28-30-33(4,5)31-32(3)29-27-25-23-21-17-15-13-11-9-7-2;/h32H,6-31H2,1-5H3;1H/q+1;/p-1. The second-order valence-electron chi connectivity index (χ2n) is 12.2. The first kappa shape index (κ1) is 36.4. The predicted octanol–water partition coefficient (Wildman–Crippen LogP) is 8.11. The van der Waals surface area contributed by atoms with Crippen molar-refractivity contribution in [2.75, 3.05) is 27.2 Å². The molecule has 0 heterocycles. The summed E-state index contributed by atoms with van der Waals surface area (Å²) in [5.74, 6) is 0.885. The van der Waals surface area contributed by atoms with Crippen LogP contribution in [0.25, 0.3) is 0 Å². The zero-order chi connectivity index (χ0) is 24.5. The van der Waals surface area contributed by atoms with Gasteiger partial charge in [0.1, 0.15) is 0 Å². The van der Waals surface area contributed by atoms with Crippen molar-refractivity contribution in [1.82, 2.24) is 0 Å². The van der Waals surface area contributed by atoms with Crippen molar-refractivity contribution in [2.45, 2.75) is 175 Å². The highest BCUT2D eigenvalue weighted by molar-refractivity contribution is 4.55. The summed E-state index contributed by atoms with van der Waals surface area (Å²) in [5.41, 5.74) is 0. The Morgan fingerprint density at radius 3 is 1.09 bits per heavy atom. The molecule has 0 radical (unpaired) electrons. The second-order valence-corrected chi connectivity index (χ2v) is 12.2. The molecule has 0 aliphatic rings. The van der Waals surface area contributed by atoms with E-state index in [0.29, 0.717) is 0 Å². The van der Waals surface area contributed by atoms with Crippen LogP contribution in [0, 0.1) is 5.92 Å². The summed E-state index contributed by atoms with van der Waals surface area (Å²) in [6.07, 6.45) is 34.9.